The van der Waals surface area contributed by atoms with Crippen LogP contribution in [0.1, 0.15) is 24.0 Å². The number of imidazole rings is 1. The van der Waals surface area contributed by atoms with Crippen LogP contribution in [0.3, 0.4) is 0 Å². The minimum atomic E-state index is -0.353. The maximum Gasteiger partial charge on any atom is 0.328 e. The maximum absolute atomic E-state index is 12.7. The van der Waals surface area contributed by atoms with Crippen LogP contribution in [-0.2, 0) is 17.8 Å². The van der Waals surface area contributed by atoms with Gasteiger partial charge in [0, 0.05) is 18.7 Å². The molecule has 0 unspecified atom stereocenters. The predicted molar refractivity (Wildman–Crippen MR) is 140 cm³/mol. The van der Waals surface area contributed by atoms with Crippen molar-refractivity contribution in [1.29, 1.82) is 0 Å². The number of methoxy groups -OCH3 is 1. The normalized spacial score (nSPS) is 14.1. The molecule has 10 heteroatoms. The number of halogens is 1. The number of fused-ring (bicyclic) bond motifs is 1. The van der Waals surface area contributed by atoms with Crippen molar-refractivity contribution >= 4 is 28.6 Å². The Bertz CT molecular complexity index is 1410. The van der Waals surface area contributed by atoms with Gasteiger partial charge in [0.05, 0.1) is 13.2 Å². The molecule has 1 aliphatic rings. The second kappa shape index (κ2) is 10.7. The summed E-state index contributed by atoms with van der Waals surface area (Å²) in [4.78, 5) is 26.4. The third-order valence-electron chi connectivity index (χ3n) is 6.42. The number of H-pyrrole nitrogens is 1. The number of aromatic nitrogens is 4. The monoisotopic (exact) mass is 508 g/mol. The highest BCUT2D eigenvalue weighted by Gasteiger charge is 2.16. The molecule has 9 nitrogen and oxygen atoms in total. The molecule has 0 radical (unpaired) electrons. The van der Waals surface area contributed by atoms with Crippen LogP contribution < -0.4 is 16.2 Å². The standard InChI is InChI=1S/C26H29ClN6O3/c1-35-12-13-36-25-30-23(28)22-24(31-25)33(26(34)29-22)16-20-9-8-19(14-21(20)27)18-6-4-17(5-7-18)15-32-10-2-3-11-32/h4-9,14H,2-3,10-13,15-16H2,1H3,(H,29,34)(H2,28,30,31). The zero-order valence-corrected chi connectivity index (χ0v) is 20.9. The number of hydrogen-bond acceptors (Lipinski definition) is 7. The fraction of sp³-hybridized carbons (Fsp3) is 0.346. The van der Waals surface area contributed by atoms with Crippen molar-refractivity contribution in [3.05, 3.63) is 69.1 Å². The van der Waals surface area contributed by atoms with Crippen molar-refractivity contribution in [2.45, 2.75) is 25.9 Å². The Balaban J connectivity index is 1.36. The number of hydrogen-bond donors (Lipinski definition) is 2. The molecule has 5 rings (SSSR count). The highest BCUT2D eigenvalue weighted by Crippen LogP contribution is 2.28. The Kier molecular flexibility index (Phi) is 7.22. The van der Waals surface area contributed by atoms with E-state index in [-0.39, 0.29) is 30.7 Å². The van der Waals surface area contributed by atoms with E-state index in [1.807, 2.05) is 18.2 Å². The Morgan fingerprint density at radius 2 is 1.78 bits per heavy atom. The molecule has 2 aromatic carbocycles. The third-order valence-corrected chi connectivity index (χ3v) is 6.77. The zero-order valence-electron chi connectivity index (χ0n) is 20.2. The Labute approximate surface area is 213 Å². The first-order valence-corrected chi connectivity index (χ1v) is 12.4. The highest BCUT2D eigenvalue weighted by atomic mass is 35.5. The van der Waals surface area contributed by atoms with Gasteiger partial charge in [0.2, 0.25) is 0 Å². The molecule has 4 aromatic rings. The van der Waals surface area contributed by atoms with Gasteiger partial charge in [-0.15, -0.1) is 0 Å². The molecule has 0 aliphatic carbocycles. The van der Waals surface area contributed by atoms with Crippen molar-refractivity contribution in [3.8, 4) is 17.1 Å². The minimum absolute atomic E-state index is 0.0828. The lowest BCUT2D eigenvalue weighted by Crippen LogP contribution is -2.18. The molecule has 188 valence electrons. The number of nitrogens with zero attached hydrogens (tertiary/aromatic N) is 4. The molecule has 1 saturated heterocycles. The van der Waals surface area contributed by atoms with Gasteiger partial charge < -0.3 is 20.2 Å². The number of nitrogens with two attached hydrogens (primary N) is 1. The summed E-state index contributed by atoms with van der Waals surface area (Å²) in [6, 6.07) is 14.6. The Morgan fingerprint density at radius 1 is 1.03 bits per heavy atom. The number of ether oxygens (including phenoxy) is 2. The van der Waals surface area contributed by atoms with Crippen LogP contribution in [0.5, 0.6) is 6.01 Å². The van der Waals surface area contributed by atoms with Crippen molar-refractivity contribution in [1.82, 2.24) is 24.4 Å². The number of likely N-dealkylation sites (tertiary alicyclic amines) is 1. The highest BCUT2D eigenvalue weighted by molar-refractivity contribution is 6.31. The van der Waals surface area contributed by atoms with Gasteiger partial charge in [0.25, 0.3) is 0 Å². The van der Waals surface area contributed by atoms with E-state index in [1.165, 1.54) is 36.1 Å². The van der Waals surface area contributed by atoms with E-state index in [2.05, 4.69) is 44.1 Å². The molecule has 0 spiro atoms. The van der Waals surface area contributed by atoms with E-state index >= 15 is 0 Å². The molecule has 1 fully saturated rings. The fourth-order valence-electron chi connectivity index (χ4n) is 4.49. The van der Waals surface area contributed by atoms with E-state index < -0.39 is 0 Å². The summed E-state index contributed by atoms with van der Waals surface area (Å²) in [7, 11) is 1.57. The van der Waals surface area contributed by atoms with Gasteiger partial charge in [-0.3, -0.25) is 9.47 Å². The molecule has 0 atom stereocenters. The van der Waals surface area contributed by atoms with Crippen LogP contribution in [0.4, 0.5) is 5.82 Å². The van der Waals surface area contributed by atoms with Crippen LogP contribution in [-0.4, -0.2) is 57.8 Å². The van der Waals surface area contributed by atoms with Gasteiger partial charge >= 0.3 is 11.7 Å². The molecule has 3 heterocycles. The number of rotatable bonds is 9. The first-order chi connectivity index (χ1) is 17.5. The molecular weight excluding hydrogens is 480 g/mol. The number of nitrogens with one attached hydrogen (secondary N) is 1. The number of benzene rings is 2. The van der Waals surface area contributed by atoms with Crippen molar-refractivity contribution < 1.29 is 9.47 Å². The van der Waals surface area contributed by atoms with Crippen molar-refractivity contribution in [3.63, 3.8) is 0 Å². The summed E-state index contributed by atoms with van der Waals surface area (Å²) in [6.45, 7) is 4.22. The van der Waals surface area contributed by atoms with Crippen molar-refractivity contribution in [2.75, 3.05) is 39.1 Å². The molecule has 2 aromatic heterocycles. The van der Waals surface area contributed by atoms with Gasteiger partial charge in [0.1, 0.15) is 12.1 Å². The minimum Gasteiger partial charge on any atom is -0.461 e. The van der Waals surface area contributed by atoms with Gasteiger partial charge in [-0.1, -0.05) is 48.0 Å². The van der Waals surface area contributed by atoms with Crippen LogP contribution in [0.2, 0.25) is 5.02 Å². The van der Waals surface area contributed by atoms with E-state index in [9.17, 15) is 4.79 Å². The SMILES string of the molecule is COCCOc1nc(N)c2[nH]c(=O)n(Cc3ccc(-c4ccc(CN5CCCC5)cc4)cc3Cl)c2n1. The first kappa shape index (κ1) is 24.3. The predicted octanol–water partition coefficient (Wildman–Crippen LogP) is 3.69. The fourth-order valence-corrected chi connectivity index (χ4v) is 4.73. The summed E-state index contributed by atoms with van der Waals surface area (Å²) in [5.41, 5.74) is 10.6. The lowest BCUT2D eigenvalue weighted by molar-refractivity contribution is 0.141. The lowest BCUT2D eigenvalue weighted by Gasteiger charge is -2.15. The zero-order chi connectivity index (χ0) is 25.1. The van der Waals surface area contributed by atoms with Gasteiger partial charge in [-0.05, 0) is 54.3 Å². The molecule has 0 amide bonds. The molecule has 0 saturated carbocycles. The van der Waals surface area contributed by atoms with E-state index in [0.717, 1.165) is 23.2 Å². The number of aromatic amines is 1. The Hall–Kier alpha value is -3.40. The van der Waals surface area contributed by atoms with Gasteiger partial charge in [-0.2, -0.15) is 9.97 Å². The molecule has 1 aliphatic heterocycles. The molecular formula is C26H29ClN6O3. The van der Waals surface area contributed by atoms with Crippen LogP contribution >= 0.6 is 11.6 Å². The number of nitrogen functional groups attached to an aromatic ring is 1. The smallest absolute Gasteiger partial charge is 0.328 e. The topological polar surface area (TPSA) is 111 Å². The Morgan fingerprint density at radius 3 is 2.50 bits per heavy atom. The van der Waals surface area contributed by atoms with Gasteiger partial charge in [0.15, 0.2) is 11.5 Å². The van der Waals surface area contributed by atoms with Crippen molar-refractivity contribution in [2.24, 2.45) is 0 Å². The summed E-state index contributed by atoms with van der Waals surface area (Å²) < 4.78 is 12.0. The second-order valence-corrected chi connectivity index (χ2v) is 9.34. The second-order valence-electron chi connectivity index (χ2n) is 8.93. The summed E-state index contributed by atoms with van der Waals surface area (Å²) in [5, 5.41) is 0.563. The van der Waals surface area contributed by atoms with Gasteiger partial charge in [-0.25, -0.2) is 4.79 Å². The largest absolute Gasteiger partial charge is 0.461 e. The van der Waals surface area contributed by atoms with Crippen LogP contribution in [0, 0.1) is 0 Å². The quantitative estimate of drug-likeness (QED) is 0.332. The average Bonchev–Trinajstić information content (AvgIpc) is 3.49. The van der Waals surface area contributed by atoms with Crippen LogP contribution in [0.25, 0.3) is 22.3 Å². The molecule has 3 N–H and O–H groups in total. The summed E-state index contributed by atoms with van der Waals surface area (Å²) in [5.74, 6) is 0.137. The lowest BCUT2D eigenvalue weighted by atomic mass is 10.0. The molecule has 36 heavy (non-hydrogen) atoms. The maximum atomic E-state index is 12.7. The van der Waals surface area contributed by atoms with E-state index in [0.29, 0.717) is 22.8 Å². The van der Waals surface area contributed by atoms with E-state index in [1.54, 1.807) is 7.11 Å². The third kappa shape index (κ3) is 5.23. The van der Waals surface area contributed by atoms with Crippen LogP contribution in [0.15, 0.2) is 47.3 Å². The first-order valence-electron chi connectivity index (χ1n) is 12.0. The molecule has 0 bridgehead atoms. The summed E-state index contributed by atoms with van der Waals surface area (Å²) in [6.07, 6.45) is 2.58. The average molecular weight is 509 g/mol. The van der Waals surface area contributed by atoms with E-state index in [4.69, 9.17) is 26.8 Å². The summed E-state index contributed by atoms with van der Waals surface area (Å²) >= 11 is 6.66. The number of anilines is 1.